The van der Waals surface area contributed by atoms with Crippen LogP contribution in [0.1, 0.15) is 38.2 Å². The Morgan fingerprint density at radius 2 is 1.83 bits per heavy atom. The van der Waals surface area contributed by atoms with Gasteiger partial charge in [0.1, 0.15) is 0 Å². The largest absolute Gasteiger partial charge is 0.466 e. The summed E-state index contributed by atoms with van der Waals surface area (Å²) in [6.07, 6.45) is 3.79. The Morgan fingerprint density at radius 1 is 1.09 bits per heavy atom. The van der Waals surface area contributed by atoms with Crippen LogP contribution in [0.5, 0.6) is 0 Å². The lowest BCUT2D eigenvalue weighted by molar-refractivity contribution is -0.143. The van der Waals surface area contributed by atoms with Gasteiger partial charge in [0.2, 0.25) is 0 Å². The Hall–Kier alpha value is -1.55. The molecular weight excluding hydrogens is 288 g/mol. The molecule has 1 aliphatic heterocycles. The van der Waals surface area contributed by atoms with Crippen LogP contribution in [-0.2, 0) is 9.53 Å². The van der Waals surface area contributed by atoms with Crippen molar-refractivity contribution >= 4 is 11.7 Å². The SMILES string of the molecule is CCOC(=O)CCCCCN1CCN(c2ccccc2C)CC1. The zero-order chi connectivity index (χ0) is 16.5. The molecule has 0 aromatic heterocycles. The van der Waals surface area contributed by atoms with Gasteiger partial charge in [-0.15, -0.1) is 0 Å². The van der Waals surface area contributed by atoms with E-state index in [1.54, 1.807) is 0 Å². The van der Waals surface area contributed by atoms with E-state index in [0.717, 1.165) is 45.6 Å². The minimum Gasteiger partial charge on any atom is -0.466 e. The molecule has 0 amide bonds. The molecule has 0 radical (unpaired) electrons. The van der Waals surface area contributed by atoms with E-state index in [0.29, 0.717) is 13.0 Å². The second-order valence-electron chi connectivity index (χ2n) is 6.23. The Bertz CT molecular complexity index is 482. The molecule has 0 bridgehead atoms. The molecule has 0 N–H and O–H groups in total. The van der Waals surface area contributed by atoms with Crippen molar-refractivity contribution in [3.8, 4) is 0 Å². The maximum atomic E-state index is 11.3. The predicted octanol–water partition coefficient (Wildman–Crippen LogP) is 3.24. The summed E-state index contributed by atoms with van der Waals surface area (Å²) in [7, 11) is 0. The number of carbonyl (C=O) groups is 1. The number of piperazine rings is 1. The standard InChI is InChI=1S/C19H30N2O2/c1-3-23-19(22)11-5-4-8-12-20-13-15-21(16-14-20)18-10-7-6-9-17(18)2/h6-7,9-10H,3-5,8,11-16H2,1-2H3. The van der Waals surface area contributed by atoms with Gasteiger partial charge >= 0.3 is 5.97 Å². The van der Waals surface area contributed by atoms with Gasteiger partial charge in [0.25, 0.3) is 0 Å². The Balaban J connectivity index is 1.60. The zero-order valence-corrected chi connectivity index (χ0v) is 14.6. The first-order chi connectivity index (χ1) is 11.2. The molecular formula is C19H30N2O2. The number of unbranched alkanes of at least 4 members (excludes halogenated alkanes) is 2. The highest BCUT2D eigenvalue weighted by Gasteiger charge is 2.17. The summed E-state index contributed by atoms with van der Waals surface area (Å²) in [5, 5.41) is 0. The van der Waals surface area contributed by atoms with Crippen LogP contribution in [0.3, 0.4) is 0 Å². The maximum absolute atomic E-state index is 11.3. The summed E-state index contributed by atoms with van der Waals surface area (Å²) in [6, 6.07) is 8.63. The van der Waals surface area contributed by atoms with Crippen molar-refractivity contribution in [2.75, 3.05) is 44.2 Å². The van der Waals surface area contributed by atoms with E-state index < -0.39 is 0 Å². The quantitative estimate of drug-likeness (QED) is 0.544. The molecule has 0 aliphatic carbocycles. The van der Waals surface area contributed by atoms with Crippen LogP contribution in [0, 0.1) is 6.92 Å². The second-order valence-corrected chi connectivity index (χ2v) is 6.23. The highest BCUT2D eigenvalue weighted by molar-refractivity contribution is 5.69. The lowest BCUT2D eigenvalue weighted by Gasteiger charge is -2.36. The number of ether oxygens (including phenoxy) is 1. The van der Waals surface area contributed by atoms with Gasteiger partial charge in [-0.2, -0.15) is 0 Å². The monoisotopic (exact) mass is 318 g/mol. The summed E-state index contributed by atoms with van der Waals surface area (Å²) in [5.74, 6) is -0.0562. The van der Waals surface area contributed by atoms with Crippen molar-refractivity contribution in [2.45, 2.75) is 39.5 Å². The van der Waals surface area contributed by atoms with Crippen LogP contribution < -0.4 is 4.90 Å². The fourth-order valence-electron chi connectivity index (χ4n) is 3.15. The van der Waals surface area contributed by atoms with Crippen molar-refractivity contribution in [3.05, 3.63) is 29.8 Å². The van der Waals surface area contributed by atoms with Crippen molar-refractivity contribution in [2.24, 2.45) is 0 Å². The highest BCUT2D eigenvalue weighted by atomic mass is 16.5. The molecule has 1 aromatic rings. The summed E-state index contributed by atoms with van der Waals surface area (Å²) < 4.78 is 4.95. The molecule has 23 heavy (non-hydrogen) atoms. The smallest absolute Gasteiger partial charge is 0.305 e. The van der Waals surface area contributed by atoms with Crippen LogP contribution in [0.15, 0.2) is 24.3 Å². The third kappa shape index (κ3) is 5.87. The fraction of sp³-hybridized carbons (Fsp3) is 0.632. The molecule has 2 rings (SSSR count). The molecule has 1 aliphatic rings. The number of hydrogen-bond donors (Lipinski definition) is 0. The zero-order valence-electron chi connectivity index (χ0n) is 14.6. The summed E-state index contributed by atoms with van der Waals surface area (Å²) in [6.45, 7) is 10.1. The number of nitrogens with zero attached hydrogens (tertiary/aromatic N) is 2. The normalized spacial score (nSPS) is 15.7. The van der Waals surface area contributed by atoms with E-state index in [9.17, 15) is 4.79 Å². The summed E-state index contributed by atoms with van der Waals surface area (Å²) in [4.78, 5) is 16.3. The van der Waals surface area contributed by atoms with Gasteiger partial charge < -0.3 is 9.64 Å². The van der Waals surface area contributed by atoms with Crippen LogP contribution >= 0.6 is 0 Å². The molecule has 0 spiro atoms. The van der Waals surface area contributed by atoms with Gasteiger partial charge in [-0.1, -0.05) is 24.6 Å². The first-order valence-corrected chi connectivity index (χ1v) is 8.89. The number of anilines is 1. The fourth-order valence-corrected chi connectivity index (χ4v) is 3.15. The van der Waals surface area contributed by atoms with Gasteiger partial charge in [0, 0.05) is 38.3 Å². The predicted molar refractivity (Wildman–Crippen MR) is 94.9 cm³/mol. The molecule has 0 atom stereocenters. The maximum Gasteiger partial charge on any atom is 0.305 e. The number of benzene rings is 1. The molecule has 1 fully saturated rings. The van der Waals surface area contributed by atoms with Crippen LogP contribution in [0.2, 0.25) is 0 Å². The minimum absolute atomic E-state index is 0.0562. The first kappa shape index (κ1) is 17.8. The van der Waals surface area contributed by atoms with Crippen molar-refractivity contribution < 1.29 is 9.53 Å². The van der Waals surface area contributed by atoms with E-state index >= 15 is 0 Å². The molecule has 128 valence electrons. The van der Waals surface area contributed by atoms with Gasteiger partial charge in [0.15, 0.2) is 0 Å². The highest BCUT2D eigenvalue weighted by Crippen LogP contribution is 2.20. The molecule has 4 nitrogen and oxygen atoms in total. The summed E-state index contributed by atoms with van der Waals surface area (Å²) in [5.41, 5.74) is 2.74. The Labute approximate surface area is 140 Å². The topological polar surface area (TPSA) is 32.8 Å². The second kappa shape index (κ2) is 9.56. The Morgan fingerprint density at radius 3 is 2.52 bits per heavy atom. The van der Waals surface area contributed by atoms with E-state index in [2.05, 4.69) is 41.0 Å². The van der Waals surface area contributed by atoms with Crippen LogP contribution in [0.4, 0.5) is 5.69 Å². The minimum atomic E-state index is -0.0562. The van der Waals surface area contributed by atoms with E-state index in [1.165, 1.54) is 17.7 Å². The molecule has 1 aromatic carbocycles. The number of esters is 1. The summed E-state index contributed by atoms with van der Waals surface area (Å²) >= 11 is 0. The molecule has 0 unspecified atom stereocenters. The molecule has 1 saturated heterocycles. The molecule has 1 heterocycles. The van der Waals surface area contributed by atoms with Crippen molar-refractivity contribution in [1.82, 2.24) is 4.90 Å². The number of hydrogen-bond acceptors (Lipinski definition) is 4. The van der Waals surface area contributed by atoms with E-state index in [-0.39, 0.29) is 5.97 Å². The van der Waals surface area contributed by atoms with Gasteiger partial charge in [-0.3, -0.25) is 9.69 Å². The third-order valence-electron chi connectivity index (χ3n) is 4.49. The van der Waals surface area contributed by atoms with Gasteiger partial charge in [-0.25, -0.2) is 0 Å². The Kier molecular flexibility index (Phi) is 7.40. The van der Waals surface area contributed by atoms with Crippen LogP contribution in [-0.4, -0.2) is 50.2 Å². The molecule has 0 saturated carbocycles. The van der Waals surface area contributed by atoms with E-state index in [4.69, 9.17) is 4.74 Å². The first-order valence-electron chi connectivity index (χ1n) is 8.89. The molecule has 4 heteroatoms. The average Bonchev–Trinajstić information content (AvgIpc) is 2.56. The third-order valence-corrected chi connectivity index (χ3v) is 4.49. The number of aryl methyl sites for hydroxylation is 1. The lowest BCUT2D eigenvalue weighted by Crippen LogP contribution is -2.46. The van der Waals surface area contributed by atoms with Crippen molar-refractivity contribution in [1.29, 1.82) is 0 Å². The van der Waals surface area contributed by atoms with Gasteiger partial charge in [0.05, 0.1) is 6.61 Å². The van der Waals surface area contributed by atoms with Gasteiger partial charge in [-0.05, 0) is 44.9 Å². The lowest BCUT2D eigenvalue weighted by atomic mass is 10.1. The van der Waals surface area contributed by atoms with Crippen LogP contribution in [0.25, 0.3) is 0 Å². The number of para-hydroxylation sites is 1. The van der Waals surface area contributed by atoms with E-state index in [1.807, 2.05) is 6.92 Å². The number of rotatable bonds is 8. The average molecular weight is 318 g/mol. The number of carbonyl (C=O) groups excluding carboxylic acids is 1. The van der Waals surface area contributed by atoms with Crippen molar-refractivity contribution in [3.63, 3.8) is 0 Å².